The second kappa shape index (κ2) is 13.3. The summed E-state index contributed by atoms with van der Waals surface area (Å²) >= 11 is 6.01. The number of nitrogens with one attached hydrogen (secondary N) is 2. The minimum atomic E-state index is -3.54. The summed E-state index contributed by atoms with van der Waals surface area (Å²) in [4.78, 5) is 32.1. The van der Waals surface area contributed by atoms with Crippen LogP contribution in [0.5, 0.6) is 0 Å². The van der Waals surface area contributed by atoms with Crippen LogP contribution in [0.25, 0.3) is 0 Å². The maximum absolute atomic E-state index is 13.3. The van der Waals surface area contributed by atoms with E-state index < -0.39 is 16.1 Å². The first kappa shape index (κ1) is 28.3. The molecule has 1 heterocycles. The summed E-state index contributed by atoms with van der Waals surface area (Å²) in [6.07, 6.45) is 3.90. The van der Waals surface area contributed by atoms with Crippen molar-refractivity contribution in [3.63, 3.8) is 0 Å². The van der Waals surface area contributed by atoms with E-state index in [4.69, 9.17) is 11.6 Å². The molecule has 3 rings (SSSR count). The number of carbonyl (C=O) groups is 2. The number of rotatable bonds is 12. The van der Waals surface area contributed by atoms with Crippen molar-refractivity contribution in [3.05, 3.63) is 94.8 Å². The van der Waals surface area contributed by atoms with Gasteiger partial charge in [0.25, 0.3) is 0 Å². The summed E-state index contributed by atoms with van der Waals surface area (Å²) in [6.45, 7) is 4.27. The van der Waals surface area contributed by atoms with Crippen molar-refractivity contribution in [1.82, 2.24) is 19.9 Å². The second-order valence-electron chi connectivity index (χ2n) is 8.55. The van der Waals surface area contributed by atoms with Crippen molar-refractivity contribution in [3.8, 4) is 0 Å². The molecule has 2 N–H and O–H groups in total. The largest absolute Gasteiger partial charge is 0.350 e. The first-order chi connectivity index (χ1) is 17.7. The Morgan fingerprint density at radius 2 is 1.68 bits per heavy atom. The van der Waals surface area contributed by atoms with Crippen molar-refractivity contribution in [2.75, 3.05) is 6.54 Å². The van der Waals surface area contributed by atoms with Crippen LogP contribution in [-0.2, 0) is 39.1 Å². The van der Waals surface area contributed by atoms with E-state index in [0.717, 1.165) is 16.7 Å². The topological polar surface area (TPSA) is 108 Å². The van der Waals surface area contributed by atoms with Crippen LogP contribution in [0.4, 0.5) is 0 Å². The summed E-state index contributed by atoms with van der Waals surface area (Å²) < 4.78 is 26.8. The van der Waals surface area contributed by atoms with Gasteiger partial charge in [-0.2, -0.15) is 0 Å². The summed E-state index contributed by atoms with van der Waals surface area (Å²) in [5, 5.41) is 3.46. The van der Waals surface area contributed by atoms with E-state index in [1.165, 1.54) is 12.1 Å². The molecule has 1 atom stereocenters. The lowest BCUT2D eigenvalue weighted by molar-refractivity contribution is -0.140. The molecule has 0 spiro atoms. The fourth-order valence-corrected chi connectivity index (χ4v) is 4.88. The van der Waals surface area contributed by atoms with Crippen molar-refractivity contribution >= 4 is 33.4 Å². The molecule has 0 saturated carbocycles. The minimum Gasteiger partial charge on any atom is -0.350 e. The van der Waals surface area contributed by atoms with Crippen molar-refractivity contribution < 1.29 is 18.0 Å². The van der Waals surface area contributed by atoms with Gasteiger partial charge in [0.05, 0.1) is 4.90 Å². The van der Waals surface area contributed by atoms with E-state index >= 15 is 0 Å². The number of hydrogen-bond donors (Lipinski definition) is 2. The Bertz CT molecular complexity index is 1280. The third-order valence-electron chi connectivity index (χ3n) is 5.82. The Balaban J connectivity index is 1.69. The average molecular weight is 543 g/mol. The fourth-order valence-electron chi connectivity index (χ4n) is 3.71. The Kier molecular flexibility index (Phi) is 10.2. The van der Waals surface area contributed by atoms with Gasteiger partial charge in [0.15, 0.2) is 0 Å². The van der Waals surface area contributed by atoms with Crippen molar-refractivity contribution in [2.24, 2.45) is 0 Å². The standard InChI is InChI=1S/C27H31ClN4O4S/c1-3-31-37(35,36)25-13-8-21(9-14-25)10-15-26(33)32(19-22-6-11-24(28)12-7-22)20(2)27(34)30-18-23-5-4-16-29-17-23/h4-9,11-14,16-17,20,31H,3,10,15,18-19H2,1-2H3,(H,30,34). The normalized spacial score (nSPS) is 12.1. The molecule has 10 heteroatoms. The zero-order valence-electron chi connectivity index (χ0n) is 20.9. The fraction of sp³-hybridized carbons (Fsp3) is 0.296. The highest BCUT2D eigenvalue weighted by Gasteiger charge is 2.26. The summed E-state index contributed by atoms with van der Waals surface area (Å²) in [5.41, 5.74) is 2.53. The Hall–Kier alpha value is -3.27. The lowest BCUT2D eigenvalue weighted by atomic mass is 10.1. The first-order valence-electron chi connectivity index (χ1n) is 12.0. The van der Waals surface area contributed by atoms with E-state index in [-0.39, 0.29) is 29.7 Å². The number of aryl methyl sites for hydroxylation is 1. The van der Waals surface area contributed by atoms with Gasteiger partial charge >= 0.3 is 0 Å². The number of nitrogens with zero attached hydrogens (tertiary/aromatic N) is 2. The van der Waals surface area contributed by atoms with E-state index in [1.807, 2.05) is 18.2 Å². The Morgan fingerprint density at radius 1 is 1.00 bits per heavy atom. The Morgan fingerprint density at radius 3 is 2.30 bits per heavy atom. The van der Waals surface area contributed by atoms with Crippen LogP contribution in [0.2, 0.25) is 5.02 Å². The molecule has 2 aromatic carbocycles. The van der Waals surface area contributed by atoms with Crippen LogP contribution < -0.4 is 10.0 Å². The number of benzene rings is 2. The molecule has 3 aromatic rings. The van der Waals surface area contributed by atoms with E-state index in [1.54, 1.807) is 61.5 Å². The highest BCUT2D eigenvalue weighted by atomic mass is 35.5. The van der Waals surface area contributed by atoms with Crippen LogP contribution in [0, 0.1) is 0 Å². The Labute approximate surface area is 223 Å². The van der Waals surface area contributed by atoms with Crippen LogP contribution >= 0.6 is 11.6 Å². The van der Waals surface area contributed by atoms with E-state index in [2.05, 4.69) is 15.0 Å². The molecule has 0 aliphatic carbocycles. The second-order valence-corrected chi connectivity index (χ2v) is 10.8. The molecule has 0 radical (unpaired) electrons. The lowest BCUT2D eigenvalue weighted by Crippen LogP contribution is -2.47. The molecule has 0 bridgehead atoms. The minimum absolute atomic E-state index is 0.160. The smallest absolute Gasteiger partial charge is 0.242 e. The van der Waals surface area contributed by atoms with E-state index in [0.29, 0.717) is 24.5 Å². The number of aromatic nitrogens is 1. The molecule has 196 valence electrons. The maximum atomic E-state index is 13.3. The number of pyridine rings is 1. The molecule has 1 aromatic heterocycles. The zero-order chi connectivity index (χ0) is 26.8. The third-order valence-corrected chi connectivity index (χ3v) is 7.63. The number of carbonyl (C=O) groups excluding carboxylic acids is 2. The molecular weight excluding hydrogens is 512 g/mol. The van der Waals surface area contributed by atoms with Crippen LogP contribution in [0.15, 0.2) is 78.0 Å². The predicted octanol–water partition coefficient (Wildman–Crippen LogP) is 3.70. The summed E-state index contributed by atoms with van der Waals surface area (Å²) in [5.74, 6) is -0.465. The molecule has 0 saturated heterocycles. The molecule has 0 aliphatic rings. The van der Waals surface area contributed by atoms with Gasteiger partial charge in [0.2, 0.25) is 21.8 Å². The highest BCUT2D eigenvalue weighted by Crippen LogP contribution is 2.17. The molecule has 1 unspecified atom stereocenters. The van der Waals surface area contributed by atoms with Gasteiger partial charge in [0.1, 0.15) is 6.04 Å². The van der Waals surface area contributed by atoms with Gasteiger partial charge < -0.3 is 10.2 Å². The number of hydrogen-bond acceptors (Lipinski definition) is 5. The van der Waals surface area contributed by atoms with Gasteiger partial charge in [0, 0.05) is 43.5 Å². The van der Waals surface area contributed by atoms with Gasteiger partial charge in [-0.25, -0.2) is 13.1 Å². The molecule has 8 nitrogen and oxygen atoms in total. The first-order valence-corrected chi connectivity index (χ1v) is 13.8. The molecule has 37 heavy (non-hydrogen) atoms. The summed E-state index contributed by atoms with van der Waals surface area (Å²) in [6, 6.07) is 16.5. The predicted molar refractivity (Wildman–Crippen MR) is 143 cm³/mol. The zero-order valence-corrected chi connectivity index (χ0v) is 22.4. The number of halogens is 1. The third kappa shape index (κ3) is 8.38. The van der Waals surface area contributed by atoms with E-state index in [9.17, 15) is 18.0 Å². The van der Waals surface area contributed by atoms with Crippen LogP contribution in [0.1, 0.15) is 37.0 Å². The number of sulfonamides is 1. The lowest BCUT2D eigenvalue weighted by Gasteiger charge is -2.29. The van der Waals surface area contributed by atoms with Crippen LogP contribution in [-0.4, -0.2) is 42.7 Å². The van der Waals surface area contributed by atoms with Crippen molar-refractivity contribution in [2.45, 2.75) is 50.7 Å². The van der Waals surface area contributed by atoms with Gasteiger partial charge in [-0.15, -0.1) is 0 Å². The monoisotopic (exact) mass is 542 g/mol. The molecular formula is C27H31ClN4O4S. The maximum Gasteiger partial charge on any atom is 0.242 e. The average Bonchev–Trinajstić information content (AvgIpc) is 2.90. The molecule has 0 aliphatic heterocycles. The number of amides is 2. The summed E-state index contributed by atoms with van der Waals surface area (Å²) in [7, 11) is -3.54. The molecule has 2 amide bonds. The van der Waals surface area contributed by atoms with Gasteiger partial charge in [-0.05, 0) is 60.4 Å². The van der Waals surface area contributed by atoms with Gasteiger partial charge in [-0.3, -0.25) is 14.6 Å². The quantitative estimate of drug-likeness (QED) is 0.363. The highest BCUT2D eigenvalue weighted by molar-refractivity contribution is 7.89. The molecule has 0 fully saturated rings. The van der Waals surface area contributed by atoms with Gasteiger partial charge in [-0.1, -0.05) is 48.9 Å². The SMILES string of the molecule is CCNS(=O)(=O)c1ccc(CCC(=O)N(Cc2ccc(Cl)cc2)C(C)C(=O)NCc2cccnc2)cc1. The van der Waals surface area contributed by atoms with Crippen LogP contribution in [0.3, 0.4) is 0 Å². The van der Waals surface area contributed by atoms with Crippen molar-refractivity contribution in [1.29, 1.82) is 0 Å².